The molecule has 0 spiro atoms. The summed E-state index contributed by atoms with van der Waals surface area (Å²) in [6, 6.07) is 10.5. The number of aliphatic hydroxyl groups excluding tert-OH is 1. The fraction of sp³-hybridized carbons (Fsp3) is 0.500. The summed E-state index contributed by atoms with van der Waals surface area (Å²) < 4.78 is 0. The maximum atomic E-state index is 9.61. The number of rotatable bonds is 1. The predicted octanol–water partition coefficient (Wildman–Crippen LogP) is 2.56. The Morgan fingerprint density at radius 3 is 2.31 bits per heavy atom. The molecule has 1 heteroatoms. The van der Waals surface area contributed by atoms with E-state index in [0.717, 1.165) is 6.42 Å². The third kappa shape index (κ3) is 1.28. The minimum absolute atomic E-state index is 0.0569. The van der Waals surface area contributed by atoms with Crippen molar-refractivity contribution in [2.75, 3.05) is 0 Å². The molecule has 1 aromatic carbocycles. The van der Waals surface area contributed by atoms with E-state index in [9.17, 15) is 5.11 Å². The second kappa shape index (κ2) is 2.85. The fourth-order valence-corrected chi connectivity index (χ4v) is 2.15. The molecule has 2 rings (SSSR count). The molecule has 1 aliphatic rings. The van der Waals surface area contributed by atoms with Gasteiger partial charge in [0.25, 0.3) is 0 Å². The zero-order chi connectivity index (χ0) is 9.47. The predicted molar refractivity (Wildman–Crippen MR) is 53.6 cm³/mol. The Morgan fingerprint density at radius 2 is 1.85 bits per heavy atom. The second-order valence-electron chi connectivity index (χ2n) is 4.54. The van der Waals surface area contributed by atoms with Gasteiger partial charge in [-0.2, -0.15) is 0 Å². The van der Waals surface area contributed by atoms with Crippen LogP contribution in [0.5, 0.6) is 0 Å². The van der Waals surface area contributed by atoms with Crippen LogP contribution in [0.3, 0.4) is 0 Å². The molecular formula is C12H16O. The van der Waals surface area contributed by atoms with Gasteiger partial charge in [-0.3, -0.25) is 0 Å². The van der Waals surface area contributed by atoms with Gasteiger partial charge >= 0.3 is 0 Å². The molecular weight excluding hydrogens is 160 g/mol. The first kappa shape index (κ1) is 8.76. The van der Waals surface area contributed by atoms with Gasteiger partial charge in [0, 0.05) is 0 Å². The Bertz CT molecular complexity index is 289. The molecule has 13 heavy (non-hydrogen) atoms. The Hall–Kier alpha value is -0.820. The van der Waals surface area contributed by atoms with Gasteiger partial charge in [-0.25, -0.2) is 0 Å². The fourth-order valence-electron chi connectivity index (χ4n) is 2.15. The van der Waals surface area contributed by atoms with Crippen LogP contribution in [-0.2, 0) is 0 Å². The maximum absolute atomic E-state index is 9.61. The lowest BCUT2D eigenvalue weighted by Gasteiger charge is -2.49. The minimum atomic E-state index is -0.127. The van der Waals surface area contributed by atoms with Crippen molar-refractivity contribution in [1.29, 1.82) is 0 Å². The molecule has 0 radical (unpaired) electrons. The highest BCUT2D eigenvalue weighted by Gasteiger charge is 2.47. The van der Waals surface area contributed by atoms with Crippen molar-refractivity contribution in [1.82, 2.24) is 0 Å². The zero-order valence-corrected chi connectivity index (χ0v) is 8.20. The highest BCUT2D eigenvalue weighted by Crippen LogP contribution is 2.52. The van der Waals surface area contributed by atoms with E-state index in [1.165, 1.54) is 5.56 Å². The Balaban J connectivity index is 2.22. The average molecular weight is 176 g/mol. The summed E-state index contributed by atoms with van der Waals surface area (Å²) in [5.74, 6) is 0.531. The second-order valence-corrected chi connectivity index (χ2v) is 4.54. The Labute approximate surface area is 79.4 Å². The van der Waals surface area contributed by atoms with Crippen LogP contribution in [0.4, 0.5) is 0 Å². The van der Waals surface area contributed by atoms with Crippen LogP contribution in [0.15, 0.2) is 30.3 Å². The van der Waals surface area contributed by atoms with Crippen molar-refractivity contribution in [3.8, 4) is 0 Å². The number of hydrogen-bond acceptors (Lipinski definition) is 1. The summed E-state index contributed by atoms with van der Waals surface area (Å²) in [5, 5.41) is 9.61. The number of benzene rings is 1. The molecule has 0 unspecified atom stereocenters. The van der Waals surface area contributed by atoms with Crippen LogP contribution in [0.1, 0.15) is 31.7 Å². The van der Waals surface area contributed by atoms with E-state index in [1.54, 1.807) is 0 Å². The lowest BCUT2D eigenvalue weighted by molar-refractivity contribution is -0.0625. The summed E-state index contributed by atoms with van der Waals surface area (Å²) in [4.78, 5) is 0. The number of aliphatic hydroxyl groups is 1. The van der Waals surface area contributed by atoms with Crippen LogP contribution in [0, 0.1) is 5.41 Å². The molecule has 0 heterocycles. The average Bonchev–Trinajstić information content (AvgIpc) is 2.15. The van der Waals surface area contributed by atoms with Crippen molar-refractivity contribution < 1.29 is 5.11 Å². The van der Waals surface area contributed by atoms with Gasteiger partial charge in [0.05, 0.1) is 6.10 Å². The molecule has 0 bridgehead atoms. The van der Waals surface area contributed by atoms with E-state index in [4.69, 9.17) is 0 Å². The standard InChI is InChI=1S/C12H16O/c1-12(2)10(8-11(12)13)9-6-4-3-5-7-9/h3-7,10-11,13H,8H2,1-2H3/t10-,11+/m0/s1. The van der Waals surface area contributed by atoms with Gasteiger partial charge in [-0.1, -0.05) is 44.2 Å². The van der Waals surface area contributed by atoms with Crippen molar-refractivity contribution in [2.24, 2.45) is 5.41 Å². The van der Waals surface area contributed by atoms with E-state index in [0.29, 0.717) is 5.92 Å². The lowest BCUT2D eigenvalue weighted by atomic mass is 9.58. The largest absolute Gasteiger partial charge is 0.393 e. The quantitative estimate of drug-likeness (QED) is 0.697. The molecule has 0 aliphatic heterocycles. The summed E-state index contributed by atoms with van der Waals surface area (Å²) >= 11 is 0. The molecule has 2 atom stereocenters. The van der Waals surface area contributed by atoms with Crippen LogP contribution < -0.4 is 0 Å². The van der Waals surface area contributed by atoms with E-state index >= 15 is 0 Å². The molecule has 0 aromatic heterocycles. The molecule has 0 amide bonds. The maximum Gasteiger partial charge on any atom is 0.0603 e. The van der Waals surface area contributed by atoms with Crippen molar-refractivity contribution in [3.63, 3.8) is 0 Å². The first-order valence-corrected chi connectivity index (χ1v) is 4.85. The molecule has 1 saturated carbocycles. The van der Waals surface area contributed by atoms with Crippen LogP contribution in [0.2, 0.25) is 0 Å². The van der Waals surface area contributed by atoms with Gasteiger partial charge in [0.1, 0.15) is 0 Å². The normalized spacial score (nSPS) is 31.0. The summed E-state index contributed by atoms with van der Waals surface area (Å²) in [6.45, 7) is 4.28. The first-order valence-electron chi connectivity index (χ1n) is 4.85. The van der Waals surface area contributed by atoms with Crippen LogP contribution >= 0.6 is 0 Å². The first-order chi connectivity index (χ1) is 6.12. The Morgan fingerprint density at radius 1 is 1.23 bits per heavy atom. The van der Waals surface area contributed by atoms with Gasteiger partial charge in [-0.15, -0.1) is 0 Å². The van der Waals surface area contributed by atoms with Gasteiger partial charge in [0.15, 0.2) is 0 Å². The van der Waals surface area contributed by atoms with Gasteiger partial charge < -0.3 is 5.11 Å². The summed E-state index contributed by atoms with van der Waals surface area (Å²) in [6.07, 6.45) is 0.787. The summed E-state index contributed by atoms with van der Waals surface area (Å²) in [5.41, 5.74) is 1.42. The summed E-state index contributed by atoms with van der Waals surface area (Å²) in [7, 11) is 0. The topological polar surface area (TPSA) is 20.2 Å². The monoisotopic (exact) mass is 176 g/mol. The third-order valence-electron chi connectivity index (χ3n) is 3.42. The minimum Gasteiger partial charge on any atom is -0.393 e. The molecule has 0 saturated heterocycles. The van der Waals surface area contributed by atoms with Crippen LogP contribution in [-0.4, -0.2) is 11.2 Å². The molecule has 1 nitrogen and oxygen atoms in total. The van der Waals surface area contributed by atoms with Crippen LogP contribution in [0.25, 0.3) is 0 Å². The Kier molecular flexibility index (Phi) is 1.92. The van der Waals surface area contributed by atoms with Crippen molar-refractivity contribution >= 4 is 0 Å². The number of hydrogen-bond donors (Lipinski definition) is 1. The third-order valence-corrected chi connectivity index (χ3v) is 3.42. The van der Waals surface area contributed by atoms with E-state index < -0.39 is 0 Å². The van der Waals surface area contributed by atoms with Gasteiger partial charge in [-0.05, 0) is 23.3 Å². The van der Waals surface area contributed by atoms with Gasteiger partial charge in [0.2, 0.25) is 0 Å². The van der Waals surface area contributed by atoms with E-state index in [-0.39, 0.29) is 11.5 Å². The smallest absolute Gasteiger partial charge is 0.0603 e. The lowest BCUT2D eigenvalue weighted by Crippen LogP contribution is -2.47. The molecule has 1 fully saturated rings. The van der Waals surface area contributed by atoms with E-state index in [1.807, 2.05) is 6.07 Å². The van der Waals surface area contributed by atoms with E-state index in [2.05, 4.69) is 38.1 Å². The molecule has 1 aromatic rings. The zero-order valence-electron chi connectivity index (χ0n) is 8.20. The highest BCUT2D eigenvalue weighted by atomic mass is 16.3. The molecule has 1 N–H and O–H groups in total. The van der Waals surface area contributed by atoms with Crippen molar-refractivity contribution in [3.05, 3.63) is 35.9 Å². The molecule has 70 valence electrons. The van der Waals surface area contributed by atoms with Crippen molar-refractivity contribution in [2.45, 2.75) is 32.3 Å². The highest BCUT2D eigenvalue weighted by molar-refractivity contribution is 5.26. The molecule has 1 aliphatic carbocycles. The SMILES string of the molecule is CC1(C)[C@H](O)C[C@H]1c1ccccc1.